The monoisotopic (exact) mass is 281 g/mol. The largest absolute Gasteiger partial charge is 0.355 e. The van der Waals surface area contributed by atoms with Gasteiger partial charge in [0, 0.05) is 11.4 Å². The predicted molar refractivity (Wildman–Crippen MR) is 93.3 cm³/mol. The molecule has 0 bridgehead atoms. The van der Waals surface area contributed by atoms with Crippen molar-refractivity contribution in [1.82, 2.24) is 0 Å². The average Bonchev–Trinajstić information content (AvgIpc) is 2.37. The van der Waals surface area contributed by atoms with E-state index in [1.54, 1.807) is 0 Å². The highest BCUT2D eigenvalue weighted by Crippen LogP contribution is 2.39. The molecule has 2 aromatic carbocycles. The molecule has 0 amide bonds. The Balaban J connectivity index is 2.32. The maximum Gasteiger partial charge on any atom is 0.0422 e. The summed E-state index contributed by atoms with van der Waals surface area (Å²) in [5.41, 5.74) is 4.17. The highest BCUT2D eigenvalue weighted by molar-refractivity contribution is 5.64. The molecular weight excluding hydrogens is 254 g/mol. The number of hydrogen-bond acceptors (Lipinski definition) is 1. The van der Waals surface area contributed by atoms with Crippen LogP contribution in [0.4, 0.5) is 11.4 Å². The van der Waals surface area contributed by atoms with E-state index in [2.05, 4.69) is 88.5 Å². The summed E-state index contributed by atoms with van der Waals surface area (Å²) in [5, 5.41) is 3.56. The zero-order valence-electron chi connectivity index (χ0n) is 13.9. The molecule has 0 aliphatic carbocycles. The lowest BCUT2D eigenvalue weighted by Crippen LogP contribution is -2.25. The lowest BCUT2D eigenvalue weighted by molar-refractivity contribution is 0.284. The summed E-state index contributed by atoms with van der Waals surface area (Å²) in [7, 11) is 0. The van der Waals surface area contributed by atoms with Crippen molar-refractivity contribution in [2.24, 2.45) is 5.41 Å². The van der Waals surface area contributed by atoms with Gasteiger partial charge in [0.05, 0.1) is 0 Å². The standard InChI is InChI=1S/C20H27N/c1-19(2,3)15-20(4,5)17-13-9-10-14-18(17)21-16-11-7-6-8-12-16/h6-14,21H,15H2,1-5H3. The highest BCUT2D eigenvalue weighted by atomic mass is 14.9. The van der Waals surface area contributed by atoms with Crippen LogP contribution in [0.5, 0.6) is 0 Å². The third-order valence-corrected chi connectivity index (χ3v) is 3.68. The number of anilines is 2. The lowest BCUT2D eigenvalue weighted by Gasteiger charge is -2.34. The molecule has 2 rings (SSSR count). The highest BCUT2D eigenvalue weighted by Gasteiger charge is 2.29. The van der Waals surface area contributed by atoms with Gasteiger partial charge in [0.1, 0.15) is 0 Å². The molecule has 0 saturated heterocycles. The molecule has 0 aliphatic rings. The van der Waals surface area contributed by atoms with Crippen LogP contribution in [-0.4, -0.2) is 0 Å². The number of para-hydroxylation sites is 2. The first-order valence-corrected chi connectivity index (χ1v) is 7.70. The van der Waals surface area contributed by atoms with Crippen molar-refractivity contribution in [3.8, 4) is 0 Å². The second kappa shape index (κ2) is 5.93. The maximum absolute atomic E-state index is 3.56. The van der Waals surface area contributed by atoms with Crippen LogP contribution in [0.15, 0.2) is 54.6 Å². The van der Waals surface area contributed by atoms with Crippen LogP contribution in [0.2, 0.25) is 0 Å². The molecule has 0 heterocycles. The fourth-order valence-corrected chi connectivity index (χ4v) is 3.28. The average molecular weight is 281 g/mol. The van der Waals surface area contributed by atoms with E-state index in [4.69, 9.17) is 0 Å². The Labute approximate surface area is 129 Å². The van der Waals surface area contributed by atoms with Gasteiger partial charge in [-0.1, -0.05) is 71.0 Å². The minimum atomic E-state index is 0.136. The summed E-state index contributed by atoms with van der Waals surface area (Å²) < 4.78 is 0. The maximum atomic E-state index is 3.56. The molecule has 0 unspecified atom stereocenters. The van der Waals surface area contributed by atoms with E-state index in [-0.39, 0.29) is 5.41 Å². The van der Waals surface area contributed by atoms with Crippen molar-refractivity contribution < 1.29 is 0 Å². The summed E-state index contributed by atoms with van der Waals surface area (Å²) in [6, 6.07) is 19.0. The SMILES string of the molecule is CC(C)(C)CC(C)(C)c1ccccc1Nc1ccccc1. The van der Waals surface area contributed by atoms with Crippen LogP contribution < -0.4 is 5.32 Å². The van der Waals surface area contributed by atoms with Crippen LogP contribution in [0.3, 0.4) is 0 Å². The molecule has 0 saturated carbocycles. The molecule has 0 atom stereocenters. The Morgan fingerprint density at radius 2 is 1.33 bits per heavy atom. The molecule has 0 radical (unpaired) electrons. The summed E-state index contributed by atoms with van der Waals surface area (Å²) >= 11 is 0. The van der Waals surface area contributed by atoms with Gasteiger partial charge in [0.2, 0.25) is 0 Å². The number of nitrogens with one attached hydrogen (secondary N) is 1. The quantitative estimate of drug-likeness (QED) is 0.709. The summed E-state index contributed by atoms with van der Waals surface area (Å²) in [6.45, 7) is 11.6. The fraction of sp³-hybridized carbons (Fsp3) is 0.400. The minimum Gasteiger partial charge on any atom is -0.355 e. The van der Waals surface area contributed by atoms with Crippen molar-refractivity contribution in [2.45, 2.75) is 46.5 Å². The molecule has 0 aromatic heterocycles. The van der Waals surface area contributed by atoms with Crippen LogP contribution in [0.25, 0.3) is 0 Å². The van der Waals surface area contributed by atoms with Gasteiger partial charge in [-0.25, -0.2) is 0 Å². The van der Waals surface area contributed by atoms with Gasteiger partial charge in [-0.3, -0.25) is 0 Å². The Bertz CT molecular complexity index is 576. The Kier molecular flexibility index (Phi) is 4.41. The molecule has 1 nitrogen and oxygen atoms in total. The van der Waals surface area contributed by atoms with E-state index in [1.807, 2.05) is 6.07 Å². The minimum absolute atomic E-state index is 0.136. The van der Waals surface area contributed by atoms with Gasteiger partial charge >= 0.3 is 0 Å². The second-order valence-corrected chi connectivity index (χ2v) is 7.66. The number of rotatable bonds is 4. The third kappa shape index (κ3) is 4.35. The molecule has 0 spiro atoms. The molecule has 0 aliphatic heterocycles. The number of benzene rings is 2. The van der Waals surface area contributed by atoms with E-state index in [9.17, 15) is 0 Å². The van der Waals surface area contributed by atoms with Gasteiger partial charge in [0.25, 0.3) is 0 Å². The zero-order valence-corrected chi connectivity index (χ0v) is 13.9. The van der Waals surface area contributed by atoms with E-state index in [0.29, 0.717) is 5.41 Å². The normalized spacial score (nSPS) is 12.2. The molecular formula is C20H27N. The van der Waals surface area contributed by atoms with Crippen LogP contribution in [0.1, 0.15) is 46.6 Å². The molecule has 1 heteroatoms. The van der Waals surface area contributed by atoms with Crippen molar-refractivity contribution in [3.05, 3.63) is 60.2 Å². The van der Waals surface area contributed by atoms with E-state index >= 15 is 0 Å². The molecule has 21 heavy (non-hydrogen) atoms. The van der Waals surface area contributed by atoms with Crippen LogP contribution in [0, 0.1) is 5.41 Å². The first-order valence-electron chi connectivity index (χ1n) is 7.70. The Hall–Kier alpha value is -1.76. The first kappa shape index (κ1) is 15.6. The second-order valence-electron chi connectivity index (χ2n) is 7.66. The number of hydrogen-bond donors (Lipinski definition) is 1. The van der Waals surface area contributed by atoms with Gasteiger partial charge in [-0.2, -0.15) is 0 Å². The summed E-state index contributed by atoms with van der Waals surface area (Å²) in [5.74, 6) is 0. The van der Waals surface area contributed by atoms with E-state index in [0.717, 1.165) is 12.1 Å². The lowest BCUT2D eigenvalue weighted by atomic mass is 9.72. The topological polar surface area (TPSA) is 12.0 Å². The summed E-state index contributed by atoms with van der Waals surface area (Å²) in [4.78, 5) is 0. The van der Waals surface area contributed by atoms with Gasteiger partial charge in [-0.05, 0) is 41.0 Å². The zero-order chi connectivity index (χ0) is 15.5. The van der Waals surface area contributed by atoms with Crippen molar-refractivity contribution in [2.75, 3.05) is 5.32 Å². The molecule has 1 N–H and O–H groups in total. The fourth-order valence-electron chi connectivity index (χ4n) is 3.28. The van der Waals surface area contributed by atoms with Crippen molar-refractivity contribution in [1.29, 1.82) is 0 Å². The summed E-state index contributed by atoms with van der Waals surface area (Å²) in [6.07, 6.45) is 1.15. The van der Waals surface area contributed by atoms with Crippen molar-refractivity contribution in [3.63, 3.8) is 0 Å². The molecule has 2 aromatic rings. The predicted octanol–water partition coefficient (Wildman–Crippen LogP) is 6.14. The van der Waals surface area contributed by atoms with Gasteiger partial charge < -0.3 is 5.32 Å². The van der Waals surface area contributed by atoms with E-state index < -0.39 is 0 Å². The smallest absolute Gasteiger partial charge is 0.0422 e. The van der Waals surface area contributed by atoms with Crippen LogP contribution in [-0.2, 0) is 5.41 Å². The molecule has 0 fully saturated rings. The third-order valence-electron chi connectivity index (χ3n) is 3.68. The van der Waals surface area contributed by atoms with Gasteiger partial charge in [-0.15, -0.1) is 0 Å². The van der Waals surface area contributed by atoms with E-state index in [1.165, 1.54) is 11.3 Å². The van der Waals surface area contributed by atoms with Crippen LogP contribution >= 0.6 is 0 Å². The van der Waals surface area contributed by atoms with Crippen molar-refractivity contribution >= 4 is 11.4 Å². The van der Waals surface area contributed by atoms with Gasteiger partial charge in [0.15, 0.2) is 0 Å². The Morgan fingerprint density at radius 3 is 1.95 bits per heavy atom. The first-order chi connectivity index (χ1) is 9.78. The Morgan fingerprint density at radius 1 is 0.762 bits per heavy atom. The molecule has 112 valence electrons.